The van der Waals surface area contributed by atoms with E-state index in [1.807, 2.05) is 11.0 Å². The second kappa shape index (κ2) is 6.13. The molecule has 0 radical (unpaired) electrons. The molecular formula is C17H18N2O3. The zero-order valence-electron chi connectivity index (χ0n) is 12.5. The molecule has 3 rings (SSSR count). The Morgan fingerprint density at radius 3 is 2.86 bits per heavy atom. The molecule has 1 aromatic rings. The molecule has 5 nitrogen and oxygen atoms in total. The van der Waals surface area contributed by atoms with Crippen molar-refractivity contribution in [3.8, 4) is 5.75 Å². The molecule has 2 heterocycles. The zero-order valence-corrected chi connectivity index (χ0v) is 12.5. The highest BCUT2D eigenvalue weighted by molar-refractivity contribution is 6.46. The van der Waals surface area contributed by atoms with Crippen LogP contribution in [-0.2, 0) is 9.59 Å². The highest BCUT2D eigenvalue weighted by Gasteiger charge is 2.30. The van der Waals surface area contributed by atoms with Gasteiger partial charge in [-0.05, 0) is 37.5 Å². The molecule has 5 heteroatoms. The van der Waals surface area contributed by atoms with E-state index in [-0.39, 0.29) is 5.91 Å². The number of esters is 1. The lowest BCUT2D eigenvalue weighted by Crippen LogP contribution is -2.29. The number of carbonyl (C=O) groups is 2. The minimum absolute atomic E-state index is 0.0606. The quantitative estimate of drug-likeness (QED) is 0.623. The van der Waals surface area contributed by atoms with Crippen molar-refractivity contribution in [2.75, 3.05) is 6.54 Å². The molecule has 114 valence electrons. The predicted octanol–water partition coefficient (Wildman–Crippen LogP) is 2.98. The minimum atomic E-state index is -0.405. The van der Waals surface area contributed by atoms with Gasteiger partial charge in [0.1, 0.15) is 11.4 Å². The Hall–Kier alpha value is -2.43. The third kappa shape index (κ3) is 2.93. The monoisotopic (exact) mass is 298 g/mol. The first-order chi connectivity index (χ1) is 10.6. The number of allylic oxidation sites excluding steroid dienone is 1. The summed E-state index contributed by atoms with van der Waals surface area (Å²) in [5, 5.41) is 0. The van der Waals surface area contributed by atoms with E-state index in [1.165, 1.54) is 6.92 Å². The van der Waals surface area contributed by atoms with Gasteiger partial charge in [0, 0.05) is 19.2 Å². The topological polar surface area (TPSA) is 59.0 Å². The molecule has 2 aliphatic rings. The molecule has 0 saturated carbocycles. The van der Waals surface area contributed by atoms with E-state index < -0.39 is 5.97 Å². The molecule has 0 spiro atoms. The number of ether oxygens (including phenoxy) is 1. The summed E-state index contributed by atoms with van der Waals surface area (Å²) < 4.78 is 5.14. The van der Waals surface area contributed by atoms with Crippen LogP contribution in [0.15, 0.2) is 41.0 Å². The molecule has 1 fully saturated rings. The minimum Gasteiger partial charge on any atom is -0.424 e. The first kappa shape index (κ1) is 14.5. The SMILES string of the molecule is CC(=O)Oc1ccccc1N=C1C=C2CCCCCN2C1=O. The fourth-order valence-electron chi connectivity index (χ4n) is 2.77. The molecule has 0 bridgehead atoms. The molecular weight excluding hydrogens is 280 g/mol. The van der Waals surface area contributed by atoms with Gasteiger partial charge in [-0.2, -0.15) is 0 Å². The van der Waals surface area contributed by atoms with E-state index >= 15 is 0 Å². The summed E-state index contributed by atoms with van der Waals surface area (Å²) in [4.78, 5) is 29.9. The van der Waals surface area contributed by atoms with Crippen molar-refractivity contribution < 1.29 is 14.3 Å². The summed E-state index contributed by atoms with van der Waals surface area (Å²) in [5.74, 6) is -0.0945. The normalized spacial score (nSPS) is 19.7. The van der Waals surface area contributed by atoms with Gasteiger partial charge < -0.3 is 9.64 Å². The Labute approximate surface area is 129 Å². The number of amides is 1. The summed E-state index contributed by atoms with van der Waals surface area (Å²) >= 11 is 0. The summed E-state index contributed by atoms with van der Waals surface area (Å²) in [5.41, 5.74) is 1.96. The van der Waals surface area contributed by atoms with Crippen molar-refractivity contribution in [3.63, 3.8) is 0 Å². The first-order valence-electron chi connectivity index (χ1n) is 7.54. The lowest BCUT2D eigenvalue weighted by Gasteiger charge is -2.16. The Morgan fingerprint density at radius 1 is 1.23 bits per heavy atom. The fourth-order valence-corrected chi connectivity index (χ4v) is 2.77. The van der Waals surface area contributed by atoms with Crippen molar-refractivity contribution in [1.82, 2.24) is 4.90 Å². The van der Waals surface area contributed by atoms with Crippen LogP contribution in [0, 0.1) is 0 Å². The van der Waals surface area contributed by atoms with Crippen LogP contribution in [0.25, 0.3) is 0 Å². The van der Waals surface area contributed by atoms with Gasteiger partial charge in [-0.3, -0.25) is 9.59 Å². The standard InChI is InChI=1S/C17H18N2O3/c1-12(20)22-16-9-5-4-8-14(16)18-15-11-13-7-3-2-6-10-19(13)17(15)21/h4-5,8-9,11H,2-3,6-7,10H2,1H3. The molecule has 0 unspecified atom stereocenters. The van der Waals surface area contributed by atoms with Crippen LogP contribution >= 0.6 is 0 Å². The highest BCUT2D eigenvalue weighted by Crippen LogP contribution is 2.30. The molecule has 1 amide bonds. The van der Waals surface area contributed by atoms with Crippen LogP contribution < -0.4 is 4.74 Å². The van der Waals surface area contributed by atoms with Crippen LogP contribution in [0.3, 0.4) is 0 Å². The van der Waals surface area contributed by atoms with Crippen LogP contribution in [0.1, 0.15) is 32.6 Å². The highest BCUT2D eigenvalue weighted by atomic mass is 16.5. The average molecular weight is 298 g/mol. The van der Waals surface area contributed by atoms with Crippen molar-refractivity contribution in [2.24, 2.45) is 4.99 Å². The second-order valence-electron chi connectivity index (χ2n) is 5.46. The van der Waals surface area contributed by atoms with Gasteiger partial charge in [0.2, 0.25) is 0 Å². The summed E-state index contributed by atoms with van der Waals surface area (Å²) in [7, 11) is 0. The van der Waals surface area contributed by atoms with Crippen molar-refractivity contribution in [2.45, 2.75) is 32.6 Å². The third-order valence-corrected chi connectivity index (χ3v) is 3.79. The largest absolute Gasteiger partial charge is 0.424 e. The Morgan fingerprint density at radius 2 is 2.05 bits per heavy atom. The number of fused-ring (bicyclic) bond motifs is 1. The molecule has 2 aliphatic heterocycles. The van der Waals surface area contributed by atoms with Crippen LogP contribution in [0.5, 0.6) is 5.75 Å². The van der Waals surface area contributed by atoms with Crippen LogP contribution in [0.2, 0.25) is 0 Å². The molecule has 0 aromatic heterocycles. The maximum Gasteiger partial charge on any atom is 0.308 e. The van der Waals surface area contributed by atoms with E-state index in [4.69, 9.17) is 4.74 Å². The molecule has 0 aliphatic carbocycles. The van der Waals surface area contributed by atoms with Gasteiger partial charge in [0.25, 0.3) is 5.91 Å². The number of aliphatic imine (C=N–C) groups is 1. The van der Waals surface area contributed by atoms with Crippen LogP contribution in [-0.4, -0.2) is 29.0 Å². The van der Waals surface area contributed by atoms with E-state index in [1.54, 1.807) is 24.3 Å². The van der Waals surface area contributed by atoms with Gasteiger partial charge in [-0.25, -0.2) is 4.99 Å². The van der Waals surface area contributed by atoms with Crippen LogP contribution in [0.4, 0.5) is 5.69 Å². The molecule has 1 saturated heterocycles. The Kier molecular flexibility index (Phi) is 4.04. The number of carbonyl (C=O) groups excluding carboxylic acids is 2. The number of nitrogens with zero attached hydrogens (tertiary/aromatic N) is 2. The maximum absolute atomic E-state index is 12.5. The van der Waals surface area contributed by atoms with Crippen molar-refractivity contribution in [3.05, 3.63) is 36.0 Å². The number of hydrogen-bond donors (Lipinski definition) is 0. The Bertz CT molecular complexity index is 676. The van der Waals surface area contributed by atoms with E-state index in [0.717, 1.165) is 37.9 Å². The second-order valence-corrected chi connectivity index (χ2v) is 5.46. The fraction of sp³-hybridized carbons (Fsp3) is 0.353. The number of rotatable bonds is 2. The average Bonchev–Trinajstić information content (AvgIpc) is 2.66. The van der Waals surface area contributed by atoms with Crippen molar-refractivity contribution in [1.29, 1.82) is 0 Å². The third-order valence-electron chi connectivity index (χ3n) is 3.79. The summed E-state index contributed by atoms with van der Waals surface area (Å²) in [6.45, 7) is 2.10. The van der Waals surface area contributed by atoms with Gasteiger partial charge in [-0.1, -0.05) is 18.6 Å². The Balaban J connectivity index is 1.93. The number of para-hydroxylation sites is 2. The molecule has 22 heavy (non-hydrogen) atoms. The molecule has 1 aromatic carbocycles. The zero-order chi connectivity index (χ0) is 15.5. The summed E-state index contributed by atoms with van der Waals surface area (Å²) in [6.07, 6.45) is 6.06. The number of benzene rings is 1. The van der Waals surface area contributed by atoms with Crippen molar-refractivity contribution >= 4 is 23.3 Å². The number of hydrogen-bond acceptors (Lipinski definition) is 4. The maximum atomic E-state index is 12.5. The smallest absolute Gasteiger partial charge is 0.308 e. The summed E-state index contributed by atoms with van der Waals surface area (Å²) in [6, 6.07) is 6.98. The molecule has 0 atom stereocenters. The van der Waals surface area contributed by atoms with Gasteiger partial charge in [-0.15, -0.1) is 0 Å². The van der Waals surface area contributed by atoms with E-state index in [0.29, 0.717) is 17.1 Å². The van der Waals surface area contributed by atoms with Gasteiger partial charge in [0.05, 0.1) is 0 Å². The first-order valence-corrected chi connectivity index (χ1v) is 7.54. The predicted molar refractivity (Wildman–Crippen MR) is 83.1 cm³/mol. The van der Waals surface area contributed by atoms with E-state index in [2.05, 4.69) is 4.99 Å². The lowest BCUT2D eigenvalue weighted by atomic mass is 10.2. The lowest BCUT2D eigenvalue weighted by molar-refractivity contribution is -0.131. The van der Waals surface area contributed by atoms with Gasteiger partial charge in [0.15, 0.2) is 5.75 Å². The van der Waals surface area contributed by atoms with E-state index in [9.17, 15) is 9.59 Å². The van der Waals surface area contributed by atoms with Gasteiger partial charge >= 0.3 is 5.97 Å². The molecule has 0 N–H and O–H groups in total.